The van der Waals surface area contributed by atoms with E-state index in [0.717, 1.165) is 24.2 Å². The third-order valence-electron chi connectivity index (χ3n) is 2.89. The first-order valence-electron chi connectivity index (χ1n) is 6.61. The maximum absolute atomic E-state index is 13.2. The number of hydrogen-bond donors (Lipinski definition) is 1. The molecule has 0 heterocycles. The highest BCUT2D eigenvalue weighted by Gasteiger charge is 2.07. The Balaban J connectivity index is 2.06. The van der Waals surface area contributed by atoms with Gasteiger partial charge >= 0.3 is 0 Å². The fraction of sp³-hybridized carbons (Fsp3) is 0.250. The summed E-state index contributed by atoms with van der Waals surface area (Å²) in [4.78, 5) is 0. The van der Waals surface area contributed by atoms with Gasteiger partial charge in [-0.25, -0.2) is 8.78 Å². The van der Waals surface area contributed by atoms with Gasteiger partial charge in [-0.15, -0.1) is 0 Å². The molecule has 0 aliphatic heterocycles. The zero-order valence-electron chi connectivity index (χ0n) is 11.7. The number of ether oxygens (including phenoxy) is 2. The lowest BCUT2D eigenvalue weighted by Crippen LogP contribution is -2.18. The zero-order valence-corrected chi connectivity index (χ0v) is 11.7. The molecule has 112 valence electrons. The number of hydrogen-bond acceptors (Lipinski definition) is 3. The van der Waals surface area contributed by atoms with Crippen LogP contribution in [0.1, 0.15) is 5.56 Å². The summed E-state index contributed by atoms with van der Waals surface area (Å²) in [5.41, 5.74) is 0.929. The van der Waals surface area contributed by atoms with E-state index in [9.17, 15) is 8.78 Å². The summed E-state index contributed by atoms with van der Waals surface area (Å²) in [6, 6.07) is 10.9. The fourth-order valence-corrected chi connectivity index (χ4v) is 1.81. The van der Waals surface area contributed by atoms with E-state index in [0.29, 0.717) is 18.9 Å². The van der Waals surface area contributed by atoms with Crippen molar-refractivity contribution in [3.63, 3.8) is 0 Å². The summed E-state index contributed by atoms with van der Waals surface area (Å²) < 4.78 is 36.7. The molecular weight excluding hydrogens is 276 g/mol. The van der Waals surface area contributed by atoms with Gasteiger partial charge in [-0.3, -0.25) is 0 Å². The van der Waals surface area contributed by atoms with Crippen molar-refractivity contribution in [1.82, 2.24) is 5.32 Å². The second-order valence-electron chi connectivity index (χ2n) is 4.46. The Morgan fingerprint density at radius 3 is 2.62 bits per heavy atom. The van der Waals surface area contributed by atoms with Crippen molar-refractivity contribution in [2.45, 2.75) is 6.54 Å². The molecule has 0 amide bonds. The maximum Gasteiger partial charge on any atom is 0.162 e. The molecule has 5 heteroatoms. The van der Waals surface area contributed by atoms with E-state index in [-0.39, 0.29) is 5.75 Å². The first-order valence-corrected chi connectivity index (χ1v) is 6.61. The summed E-state index contributed by atoms with van der Waals surface area (Å²) in [5.74, 6) is -0.952. The molecule has 0 radical (unpaired) electrons. The van der Waals surface area contributed by atoms with E-state index in [1.807, 2.05) is 18.2 Å². The molecule has 0 aliphatic carbocycles. The molecule has 3 nitrogen and oxygen atoms in total. The van der Waals surface area contributed by atoms with Crippen LogP contribution in [-0.2, 0) is 11.3 Å². The average Bonchev–Trinajstić information content (AvgIpc) is 2.49. The van der Waals surface area contributed by atoms with Gasteiger partial charge in [0, 0.05) is 31.8 Å². The lowest BCUT2D eigenvalue weighted by molar-refractivity contribution is 0.199. The zero-order chi connectivity index (χ0) is 15.1. The molecule has 2 rings (SSSR count). The van der Waals surface area contributed by atoms with Crippen LogP contribution in [0.5, 0.6) is 11.5 Å². The van der Waals surface area contributed by atoms with E-state index in [1.54, 1.807) is 13.2 Å². The lowest BCUT2D eigenvalue weighted by atomic mass is 10.2. The second kappa shape index (κ2) is 7.71. The van der Waals surface area contributed by atoms with E-state index < -0.39 is 11.6 Å². The Hall–Kier alpha value is -1.98. The van der Waals surface area contributed by atoms with E-state index in [2.05, 4.69) is 5.32 Å². The van der Waals surface area contributed by atoms with Crippen molar-refractivity contribution >= 4 is 0 Å². The van der Waals surface area contributed by atoms with Crippen molar-refractivity contribution in [3.8, 4) is 11.5 Å². The summed E-state index contributed by atoms with van der Waals surface area (Å²) >= 11 is 0. The van der Waals surface area contributed by atoms with Gasteiger partial charge in [0.05, 0.1) is 6.61 Å². The Bertz CT molecular complexity index is 590. The fourth-order valence-electron chi connectivity index (χ4n) is 1.81. The minimum absolute atomic E-state index is 0.262. The normalized spacial score (nSPS) is 10.6. The first kappa shape index (κ1) is 15.4. The number of rotatable bonds is 7. The van der Waals surface area contributed by atoms with Crippen molar-refractivity contribution in [2.24, 2.45) is 0 Å². The molecule has 0 spiro atoms. The molecule has 1 N–H and O–H groups in total. The molecule has 0 fully saturated rings. The highest BCUT2D eigenvalue weighted by Crippen LogP contribution is 2.26. The molecule has 0 aliphatic rings. The van der Waals surface area contributed by atoms with Gasteiger partial charge in [-0.2, -0.15) is 0 Å². The molecule has 0 aromatic heterocycles. The summed E-state index contributed by atoms with van der Waals surface area (Å²) in [6.07, 6.45) is 0. The van der Waals surface area contributed by atoms with E-state index >= 15 is 0 Å². The minimum atomic E-state index is -0.928. The molecule has 0 saturated carbocycles. The van der Waals surface area contributed by atoms with Gasteiger partial charge in [-0.05, 0) is 18.2 Å². The van der Waals surface area contributed by atoms with Crippen molar-refractivity contribution in [3.05, 3.63) is 59.7 Å². The van der Waals surface area contributed by atoms with Crippen molar-refractivity contribution in [1.29, 1.82) is 0 Å². The van der Waals surface area contributed by atoms with Gasteiger partial charge in [0.15, 0.2) is 11.6 Å². The predicted molar refractivity (Wildman–Crippen MR) is 76.5 cm³/mol. The molecule has 2 aromatic rings. The van der Waals surface area contributed by atoms with Crippen molar-refractivity contribution in [2.75, 3.05) is 20.3 Å². The number of nitrogens with one attached hydrogen (secondary N) is 1. The van der Waals surface area contributed by atoms with Gasteiger partial charge in [0.1, 0.15) is 11.5 Å². The van der Waals surface area contributed by atoms with Gasteiger partial charge in [0.2, 0.25) is 0 Å². The van der Waals surface area contributed by atoms with Crippen molar-refractivity contribution < 1.29 is 18.3 Å². The number of halogens is 2. The predicted octanol–water partition coefficient (Wildman–Crippen LogP) is 3.49. The van der Waals surface area contributed by atoms with Crippen LogP contribution in [0.2, 0.25) is 0 Å². The summed E-state index contributed by atoms with van der Waals surface area (Å²) in [6.45, 7) is 1.94. The standard InChI is InChI=1S/C16H17F2NO2/c1-20-9-8-19-11-12-4-2-3-5-16(12)21-13-6-7-14(17)15(18)10-13/h2-7,10,19H,8-9,11H2,1H3. The number of methoxy groups -OCH3 is 1. The molecule has 0 atom stereocenters. The molecule has 2 aromatic carbocycles. The summed E-state index contributed by atoms with van der Waals surface area (Å²) in [5, 5.41) is 3.21. The van der Waals surface area contributed by atoms with Crippen LogP contribution in [0.15, 0.2) is 42.5 Å². The third kappa shape index (κ3) is 4.51. The van der Waals surface area contributed by atoms with Crippen LogP contribution < -0.4 is 10.1 Å². The molecular formula is C16H17F2NO2. The lowest BCUT2D eigenvalue weighted by Gasteiger charge is -2.12. The minimum Gasteiger partial charge on any atom is -0.457 e. The van der Waals surface area contributed by atoms with Crippen LogP contribution in [-0.4, -0.2) is 20.3 Å². The Morgan fingerprint density at radius 1 is 1.05 bits per heavy atom. The average molecular weight is 293 g/mol. The molecule has 0 unspecified atom stereocenters. The second-order valence-corrected chi connectivity index (χ2v) is 4.46. The van der Waals surface area contributed by atoms with Crippen LogP contribution in [0, 0.1) is 11.6 Å². The molecule has 0 bridgehead atoms. The SMILES string of the molecule is COCCNCc1ccccc1Oc1ccc(F)c(F)c1. The monoisotopic (exact) mass is 293 g/mol. The smallest absolute Gasteiger partial charge is 0.162 e. The van der Waals surface area contributed by atoms with Gasteiger partial charge in [-0.1, -0.05) is 18.2 Å². The van der Waals surface area contributed by atoms with Gasteiger partial charge in [0.25, 0.3) is 0 Å². The Labute approximate surface area is 122 Å². The largest absolute Gasteiger partial charge is 0.457 e. The quantitative estimate of drug-likeness (QED) is 0.793. The molecule has 21 heavy (non-hydrogen) atoms. The summed E-state index contributed by atoms with van der Waals surface area (Å²) in [7, 11) is 1.64. The van der Waals surface area contributed by atoms with Gasteiger partial charge < -0.3 is 14.8 Å². The first-order chi connectivity index (χ1) is 10.2. The van der Waals surface area contributed by atoms with Crippen LogP contribution in [0.4, 0.5) is 8.78 Å². The molecule has 0 saturated heterocycles. The maximum atomic E-state index is 13.2. The highest BCUT2D eigenvalue weighted by atomic mass is 19.2. The third-order valence-corrected chi connectivity index (χ3v) is 2.89. The highest BCUT2D eigenvalue weighted by molar-refractivity contribution is 5.38. The van der Waals surface area contributed by atoms with E-state index in [1.165, 1.54) is 6.07 Å². The van der Waals surface area contributed by atoms with Crippen LogP contribution in [0.3, 0.4) is 0 Å². The van der Waals surface area contributed by atoms with Crippen LogP contribution in [0.25, 0.3) is 0 Å². The van der Waals surface area contributed by atoms with E-state index in [4.69, 9.17) is 9.47 Å². The number of benzene rings is 2. The Kier molecular flexibility index (Phi) is 5.66. The number of para-hydroxylation sites is 1. The topological polar surface area (TPSA) is 30.5 Å². The Morgan fingerprint density at radius 2 is 1.86 bits per heavy atom. The van der Waals surface area contributed by atoms with Crippen LogP contribution >= 0.6 is 0 Å².